The second-order valence-electron chi connectivity index (χ2n) is 7.01. The molecule has 0 fully saturated rings. The van der Waals surface area contributed by atoms with Gasteiger partial charge in [0.25, 0.3) is 5.91 Å². The van der Waals surface area contributed by atoms with Crippen LogP contribution < -0.4 is 10.2 Å². The summed E-state index contributed by atoms with van der Waals surface area (Å²) in [5.74, 6) is -1.80. The van der Waals surface area contributed by atoms with Crippen LogP contribution in [0.4, 0.5) is 11.4 Å². The number of aryl methyl sites for hydroxylation is 2. The van der Waals surface area contributed by atoms with E-state index in [1.807, 2.05) is 32.0 Å². The van der Waals surface area contributed by atoms with Crippen molar-refractivity contribution in [2.24, 2.45) is 0 Å². The van der Waals surface area contributed by atoms with Crippen LogP contribution in [0.2, 0.25) is 0 Å². The quantitative estimate of drug-likeness (QED) is 0.738. The topological polar surface area (TPSA) is 94.2 Å². The predicted octanol–water partition coefficient (Wildman–Crippen LogP) is 2.95. The maximum Gasteiger partial charge on any atom is 0.355 e. The van der Waals surface area contributed by atoms with Crippen molar-refractivity contribution in [2.45, 2.75) is 13.8 Å². The summed E-state index contributed by atoms with van der Waals surface area (Å²) < 4.78 is 15.2. The van der Waals surface area contributed by atoms with Crippen molar-refractivity contribution in [1.82, 2.24) is 0 Å². The summed E-state index contributed by atoms with van der Waals surface area (Å²) in [6.45, 7) is 3.69. The molecule has 0 aromatic heterocycles. The Morgan fingerprint density at radius 2 is 1.71 bits per heavy atom. The number of carbonyl (C=O) groups is 3. The second-order valence-corrected chi connectivity index (χ2v) is 7.01. The molecule has 162 valence electrons. The average molecular weight is 424 g/mol. The first-order chi connectivity index (χ1) is 14.9. The summed E-state index contributed by atoms with van der Waals surface area (Å²) >= 11 is 0. The third-order valence-corrected chi connectivity index (χ3v) is 4.91. The lowest BCUT2D eigenvalue weighted by Gasteiger charge is -2.32. The number of para-hydroxylation sites is 1. The standard InChI is InChI=1S/C23H24N2O6/c1-14-9-10-15(2)18(11-14)24-21(26)16-7-5-6-8-19(16)25-13-31-12-17(22(27)29-3)20(25)23(28)30-4/h5-11H,12-13H2,1-4H3,(H,24,26). The summed E-state index contributed by atoms with van der Waals surface area (Å²) in [5, 5.41) is 2.92. The first kappa shape index (κ1) is 22.0. The Labute approximate surface area is 180 Å². The molecule has 0 saturated heterocycles. The summed E-state index contributed by atoms with van der Waals surface area (Å²) in [6.07, 6.45) is 0. The smallest absolute Gasteiger partial charge is 0.355 e. The van der Waals surface area contributed by atoms with Gasteiger partial charge in [-0.1, -0.05) is 24.3 Å². The Morgan fingerprint density at radius 3 is 2.42 bits per heavy atom. The fourth-order valence-corrected chi connectivity index (χ4v) is 3.29. The molecule has 2 aromatic rings. The lowest BCUT2D eigenvalue weighted by molar-refractivity contribution is -0.140. The van der Waals surface area contributed by atoms with Crippen molar-refractivity contribution >= 4 is 29.2 Å². The molecule has 1 aliphatic rings. The molecule has 1 aliphatic heterocycles. The number of methoxy groups -OCH3 is 2. The SMILES string of the molecule is COC(=O)C1=C(C(=O)OC)N(c2ccccc2C(=O)Nc2cc(C)ccc2C)COC1. The fourth-order valence-electron chi connectivity index (χ4n) is 3.29. The van der Waals surface area contributed by atoms with Gasteiger partial charge in [-0.15, -0.1) is 0 Å². The molecular weight excluding hydrogens is 400 g/mol. The molecule has 8 heteroatoms. The van der Waals surface area contributed by atoms with Crippen molar-refractivity contribution < 1.29 is 28.6 Å². The zero-order valence-corrected chi connectivity index (χ0v) is 17.9. The minimum atomic E-state index is -0.728. The molecule has 31 heavy (non-hydrogen) atoms. The van der Waals surface area contributed by atoms with Gasteiger partial charge in [-0.2, -0.15) is 0 Å². The van der Waals surface area contributed by atoms with Gasteiger partial charge in [0, 0.05) is 5.69 Å². The fraction of sp³-hybridized carbons (Fsp3) is 0.261. The zero-order valence-electron chi connectivity index (χ0n) is 17.9. The Bertz CT molecular complexity index is 1060. The average Bonchev–Trinajstić information content (AvgIpc) is 2.79. The van der Waals surface area contributed by atoms with Crippen molar-refractivity contribution in [2.75, 3.05) is 37.8 Å². The summed E-state index contributed by atoms with van der Waals surface area (Å²) in [7, 11) is 2.44. The molecule has 1 amide bonds. The Morgan fingerprint density at radius 1 is 1.00 bits per heavy atom. The molecule has 0 atom stereocenters. The molecule has 0 bridgehead atoms. The van der Waals surface area contributed by atoms with Crippen LogP contribution in [0.5, 0.6) is 0 Å². The third kappa shape index (κ3) is 4.59. The monoisotopic (exact) mass is 424 g/mol. The number of anilines is 2. The highest BCUT2D eigenvalue weighted by molar-refractivity contribution is 6.10. The van der Waals surface area contributed by atoms with Crippen LogP contribution in [-0.4, -0.2) is 45.4 Å². The maximum atomic E-state index is 13.2. The highest BCUT2D eigenvalue weighted by Crippen LogP contribution is 2.30. The van der Waals surface area contributed by atoms with E-state index in [-0.39, 0.29) is 30.5 Å². The molecule has 0 radical (unpaired) electrons. The van der Waals surface area contributed by atoms with Crippen LogP contribution in [0.3, 0.4) is 0 Å². The largest absolute Gasteiger partial charge is 0.466 e. The first-order valence-corrected chi connectivity index (χ1v) is 9.60. The second kappa shape index (κ2) is 9.44. The third-order valence-electron chi connectivity index (χ3n) is 4.91. The number of benzene rings is 2. The molecule has 2 aromatic carbocycles. The molecule has 8 nitrogen and oxygen atoms in total. The lowest BCUT2D eigenvalue weighted by atomic mass is 10.1. The number of esters is 2. The van der Waals surface area contributed by atoms with Crippen LogP contribution >= 0.6 is 0 Å². The summed E-state index contributed by atoms with van der Waals surface area (Å²) in [6, 6.07) is 12.5. The van der Waals surface area contributed by atoms with E-state index in [1.165, 1.54) is 19.1 Å². The lowest BCUT2D eigenvalue weighted by Crippen LogP contribution is -2.39. The van der Waals surface area contributed by atoms with Gasteiger partial charge < -0.3 is 24.4 Å². The van der Waals surface area contributed by atoms with Gasteiger partial charge in [0.15, 0.2) is 0 Å². The Balaban J connectivity index is 2.05. The number of ether oxygens (including phenoxy) is 3. The van der Waals surface area contributed by atoms with Crippen LogP contribution in [0.15, 0.2) is 53.7 Å². The van der Waals surface area contributed by atoms with E-state index in [1.54, 1.807) is 24.3 Å². The van der Waals surface area contributed by atoms with Crippen LogP contribution in [-0.2, 0) is 23.8 Å². The molecule has 1 heterocycles. The minimum Gasteiger partial charge on any atom is -0.466 e. The first-order valence-electron chi connectivity index (χ1n) is 9.60. The van der Waals surface area contributed by atoms with E-state index in [2.05, 4.69) is 5.32 Å². The molecule has 0 aliphatic carbocycles. The highest BCUT2D eigenvalue weighted by atomic mass is 16.5. The van der Waals surface area contributed by atoms with Crippen LogP contribution in [0.1, 0.15) is 21.5 Å². The number of hydrogen-bond donors (Lipinski definition) is 1. The van der Waals surface area contributed by atoms with E-state index in [9.17, 15) is 14.4 Å². The number of amides is 1. The molecule has 0 saturated carbocycles. The van der Waals surface area contributed by atoms with Crippen LogP contribution in [0, 0.1) is 13.8 Å². The number of nitrogens with zero attached hydrogens (tertiary/aromatic N) is 1. The van der Waals surface area contributed by atoms with E-state index in [0.29, 0.717) is 16.9 Å². The molecular formula is C23H24N2O6. The molecule has 1 N–H and O–H groups in total. The van der Waals surface area contributed by atoms with Gasteiger partial charge in [-0.25, -0.2) is 9.59 Å². The molecule has 0 spiro atoms. The van der Waals surface area contributed by atoms with Gasteiger partial charge in [0.05, 0.1) is 37.7 Å². The van der Waals surface area contributed by atoms with Crippen molar-refractivity contribution in [3.05, 3.63) is 70.4 Å². The van der Waals surface area contributed by atoms with Gasteiger partial charge in [-0.05, 0) is 43.2 Å². The van der Waals surface area contributed by atoms with Gasteiger partial charge in [-0.3, -0.25) is 4.79 Å². The van der Waals surface area contributed by atoms with E-state index in [4.69, 9.17) is 14.2 Å². The van der Waals surface area contributed by atoms with E-state index < -0.39 is 11.9 Å². The van der Waals surface area contributed by atoms with Crippen molar-refractivity contribution in [1.29, 1.82) is 0 Å². The van der Waals surface area contributed by atoms with Crippen molar-refractivity contribution in [3.8, 4) is 0 Å². The number of carbonyl (C=O) groups excluding carboxylic acids is 3. The number of nitrogens with one attached hydrogen (secondary N) is 1. The minimum absolute atomic E-state index is 0.0188. The van der Waals surface area contributed by atoms with Crippen molar-refractivity contribution in [3.63, 3.8) is 0 Å². The predicted molar refractivity (Wildman–Crippen MR) is 115 cm³/mol. The Hall–Kier alpha value is -3.65. The maximum absolute atomic E-state index is 13.2. The number of rotatable bonds is 5. The van der Waals surface area contributed by atoms with E-state index >= 15 is 0 Å². The van der Waals surface area contributed by atoms with Gasteiger partial charge in [0.1, 0.15) is 12.4 Å². The van der Waals surface area contributed by atoms with Gasteiger partial charge in [0.2, 0.25) is 0 Å². The number of hydrogen-bond acceptors (Lipinski definition) is 7. The molecule has 3 rings (SSSR count). The highest BCUT2D eigenvalue weighted by Gasteiger charge is 2.34. The normalized spacial score (nSPS) is 13.6. The van der Waals surface area contributed by atoms with Gasteiger partial charge >= 0.3 is 11.9 Å². The zero-order chi connectivity index (χ0) is 22.5. The summed E-state index contributed by atoms with van der Waals surface area (Å²) in [4.78, 5) is 39.4. The Kier molecular flexibility index (Phi) is 6.71. The van der Waals surface area contributed by atoms with Crippen LogP contribution in [0.25, 0.3) is 0 Å². The van der Waals surface area contributed by atoms with E-state index in [0.717, 1.165) is 11.1 Å². The molecule has 0 unspecified atom stereocenters. The summed E-state index contributed by atoms with van der Waals surface area (Å²) in [5.41, 5.74) is 3.32.